The fourth-order valence-electron chi connectivity index (χ4n) is 1.94. The lowest BCUT2D eigenvalue weighted by atomic mass is 9.76. The first-order chi connectivity index (χ1) is 6.22. The van der Waals surface area contributed by atoms with Crippen molar-refractivity contribution in [3.8, 4) is 0 Å². The second-order valence-corrected chi connectivity index (χ2v) is 6.98. The summed E-state index contributed by atoms with van der Waals surface area (Å²) >= 11 is 0. The van der Waals surface area contributed by atoms with E-state index >= 15 is 0 Å². The maximum atomic E-state index is 11.3. The van der Waals surface area contributed by atoms with Crippen molar-refractivity contribution in [2.75, 3.05) is 6.26 Å². The SMILES string of the molecule is C=[N+](C1CCC(C)(C)CC1)S(C)(=O)=O. The zero-order chi connectivity index (χ0) is 11.0. The molecule has 0 atom stereocenters. The number of sulfonamides is 1. The fraction of sp³-hybridized carbons (Fsp3) is 0.900. The summed E-state index contributed by atoms with van der Waals surface area (Å²) in [5.41, 5.74) is 0.370. The van der Waals surface area contributed by atoms with E-state index in [9.17, 15) is 8.42 Å². The van der Waals surface area contributed by atoms with Crippen molar-refractivity contribution in [1.82, 2.24) is 0 Å². The maximum absolute atomic E-state index is 11.3. The first kappa shape index (κ1) is 11.7. The van der Waals surface area contributed by atoms with Crippen molar-refractivity contribution < 1.29 is 12.4 Å². The molecule has 0 heterocycles. The van der Waals surface area contributed by atoms with Gasteiger partial charge >= 0.3 is 10.0 Å². The second-order valence-electron chi connectivity index (χ2n) is 5.05. The van der Waals surface area contributed by atoms with Gasteiger partial charge in [0.2, 0.25) is 0 Å². The van der Waals surface area contributed by atoms with Crippen LogP contribution >= 0.6 is 0 Å². The minimum Gasteiger partial charge on any atom is -0.164 e. The van der Waals surface area contributed by atoms with Gasteiger partial charge in [0.1, 0.15) is 6.72 Å². The Hall–Kier alpha value is -0.380. The largest absolute Gasteiger partial charge is 0.361 e. The van der Waals surface area contributed by atoms with E-state index in [2.05, 4.69) is 20.6 Å². The molecular formula is C10H20NO2S+. The Labute approximate surface area is 86.9 Å². The van der Waals surface area contributed by atoms with Crippen molar-refractivity contribution in [2.24, 2.45) is 5.41 Å². The van der Waals surface area contributed by atoms with Crippen LogP contribution in [0.5, 0.6) is 0 Å². The molecular weight excluding hydrogens is 198 g/mol. The minimum atomic E-state index is -3.12. The zero-order valence-corrected chi connectivity index (χ0v) is 10.1. The summed E-state index contributed by atoms with van der Waals surface area (Å²) in [7, 11) is -3.12. The van der Waals surface area contributed by atoms with E-state index in [1.807, 2.05) is 0 Å². The van der Waals surface area contributed by atoms with Gasteiger partial charge in [-0.2, -0.15) is 8.42 Å². The summed E-state index contributed by atoms with van der Waals surface area (Å²) < 4.78 is 23.8. The third-order valence-corrected chi connectivity index (χ3v) is 4.29. The molecule has 0 unspecified atom stereocenters. The molecule has 0 aromatic rings. The van der Waals surface area contributed by atoms with Gasteiger partial charge in [0.25, 0.3) is 0 Å². The van der Waals surface area contributed by atoms with Gasteiger partial charge in [0.15, 0.2) is 6.04 Å². The molecule has 1 fully saturated rings. The molecule has 0 aromatic carbocycles. The normalized spacial score (nSPS) is 23.4. The Morgan fingerprint density at radius 3 is 2.07 bits per heavy atom. The van der Waals surface area contributed by atoms with Gasteiger partial charge in [-0.1, -0.05) is 13.8 Å². The van der Waals surface area contributed by atoms with Crippen LogP contribution in [0.2, 0.25) is 0 Å². The molecule has 0 aliphatic heterocycles. The zero-order valence-electron chi connectivity index (χ0n) is 9.28. The number of rotatable bonds is 2. The lowest BCUT2D eigenvalue weighted by Gasteiger charge is -2.31. The summed E-state index contributed by atoms with van der Waals surface area (Å²) in [5, 5.41) is 0. The molecule has 3 nitrogen and oxygen atoms in total. The minimum absolute atomic E-state index is 0.109. The van der Waals surface area contributed by atoms with E-state index in [0.29, 0.717) is 5.41 Å². The molecule has 0 aromatic heterocycles. The Morgan fingerprint density at radius 2 is 1.71 bits per heavy atom. The van der Waals surface area contributed by atoms with E-state index in [4.69, 9.17) is 0 Å². The third kappa shape index (κ3) is 2.80. The van der Waals surface area contributed by atoms with Crippen molar-refractivity contribution >= 4 is 16.7 Å². The average Bonchev–Trinajstić information content (AvgIpc) is 2.01. The van der Waals surface area contributed by atoms with Crippen LogP contribution in [-0.4, -0.2) is 31.4 Å². The van der Waals surface area contributed by atoms with Gasteiger partial charge in [-0.25, -0.2) is 0 Å². The summed E-state index contributed by atoms with van der Waals surface area (Å²) in [6, 6.07) is 0.109. The maximum Gasteiger partial charge on any atom is 0.361 e. The molecule has 1 aliphatic rings. The summed E-state index contributed by atoms with van der Waals surface area (Å²) in [6.07, 6.45) is 5.26. The highest BCUT2D eigenvalue weighted by Crippen LogP contribution is 2.36. The Balaban J connectivity index is 2.64. The highest BCUT2D eigenvalue weighted by molar-refractivity contribution is 7.84. The van der Waals surface area contributed by atoms with Gasteiger partial charge in [-0.05, 0) is 18.3 Å². The summed E-state index contributed by atoms with van der Waals surface area (Å²) in [4.78, 5) is 0. The first-order valence-electron chi connectivity index (χ1n) is 5.02. The van der Waals surface area contributed by atoms with E-state index < -0.39 is 10.0 Å². The predicted octanol–water partition coefficient (Wildman–Crippen LogP) is 1.63. The highest BCUT2D eigenvalue weighted by Gasteiger charge is 2.35. The second kappa shape index (κ2) is 3.65. The molecule has 82 valence electrons. The summed E-state index contributed by atoms with van der Waals surface area (Å²) in [5.74, 6) is 0. The van der Waals surface area contributed by atoms with Gasteiger partial charge in [0, 0.05) is 12.8 Å². The Morgan fingerprint density at radius 1 is 1.29 bits per heavy atom. The van der Waals surface area contributed by atoms with Crippen LogP contribution < -0.4 is 0 Å². The molecule has 4 heteroatoms. The van der Waals surface area contributed by atoms with Crippen LogP contribution in [0.25, 0.3) is 0 Å². The standard InChI is InChI=1S/C10H20NO2S/c1-10(2)7-5-9(6-8-10)11(3)14(4,12)13/h9H,3,5-8H2,1-2,4H3/q+1. The van der Waals surface area contributed by atoms with Crippen LogP contribution in [0.1, 0.15) is 39.5 Å². The third-order valence-electron chi connectivity index (χ3n) is 3.14. The highest BCUT2D eigenvalue weighted by atomic mass is 32.2. The molecule has 0 bridgehead atoms. The Kier molecular flexibility index (Phi) is 3.04. The molecule has 0 spiro atoms. The lowest BCUT2D eigenvalue weighted by molar-refractivity contribution is -0.414. The molecule has 0 amide bonds. The van der Waals surface area contributed by atoms with Gasteiger partial charge < -0.3 is 0 Å². The number of nitrogens with zero attached hydrogens (tertiary/aromatic N) is 1. The van der Waals surface area contributed by atoms with Gasteiger partial charge in [-0.15, -0.1) is 3.98 Å². The predicted molar refractivity (Wildman–Crippen MR) is 58.3 cm³/mol. The molecule has 14 heavy (non-hydrogen) atoms. The van der Waals surface area contributed by atoms with Crippen molar-refractivity contribution in [1.29, 1.82) is 0 Å². The van der Waals surface area contributed by atoms with Crippen LogP contribution in [-0.2, 0) is 10.0 Å². The molecule has 0 radical (unpaired) electrons. The van der Waals surface area contributed by atoms with E-state index in [1.54, 1.807) is 0 Å². The molecule has 1 saturated carbocycles. The number of hydrogen-bond acceptors (Lipinski definition) is 2. The van der Waals surface area contributed by atoms with E-state index in [1.165, 1.54) is 10.2 Å². The van der Waals surface area contributed by atoms with Gasteiger partial charge in [0.05, 0.1) is 6.26 Å². The topological polar surface area (TPSA) is 37.1 Å². The quantitative estimate of drug-likeness (QED) is 0.522. The monoisotopic (exact) mass is 218 g/mol. The lowest BCUT2D eigenvalue weighted by Crippen LogP contribution is -2.35. The van der Waals surface area contributed by atoms with Crippen molar-refractivity contribution in [3.63, 3.8) is 0 Å². The molecule has 1 aliphatic carbocycles. The average molecular weight is 218 g/mol. The summed E-state index contributed by atoms with van der Waals surface area (Å²) in [6.45, 7) is 8.09. The van der Waals surface area contributed by atoms with Crippen molar-refractivity contribution in [3.05, 3.63) is 0 Å². The van der Waals surface area contributed by atoms with Gasteiger partial charge in [-0.3, -0.25) is 0 Å². The van der Waals surface area contributed by atoms with E-state index in [0.717, 1.165) is 25.7 Å². The van der Waals surface area contributed by atoms with Crippen LogP contribution in [0.15, 0.2) is 0 Å². The first-order valence-corrected chi connectivity index (χ1v) is 6.87. The fourth-order valence-corrected chi connectivity index (χ4v) is 2.70. The molecule has 0 saturated heterocycles. The van der Waals surface area contributed by atoms with E-state index in [-0.39, 0.29) is 6.04 Å². The smallest absolute Gasteiger partial charge is 0.164 e. The Bertz CT molecular complexity index is 320. The van der Waals surface area contributed by atoms with Crippen molar-refractivity contribution in [2.45, 2.75) is 45.6 Å². The molecule has 0 N–H and O–H groups in total. The van der Waals surface area contributed by atoms with Crippen LogP contribution in [0, 0.1) is 5.41 Å². The van der Waals surface area contributed by atoms with Crippen LogP contribution in [0.4, 0.5) is 0 Å². The van der Waals surface area contributed by atoms with Crippen LogP contribution in [0.3, 0.4) is 0 Å². The number of hydrogen-bond donors (Lipinski definition) is 0. The molecule has 1 rings (SSSR count).